The zero-order chi connectivity index (χ0) is 18.5. The fourth-order valence-corrected chi connectivity index (χ4v) is 4.15. The molecule has 0 fully saturated rings. The van der Waals surface area contributed by atoms with Crippen molar-refractivity contribution in [3.63, 3.8) is 0 Å². The Morgan fingerprint density at radius 1 is 1.19 bits per heavy atom. The lowest BCUT2D eigenvalue weighted by Crippen LogP contribution is -2.39. The second-order valence-corrected chi connectivity index (χ2v) is 8.17. The molecule has 136 valence electrons. The van der Waals surface area contributed by atoms with Crippen molar-refractivity contribution < 1.29 is 15.0 Å². The molecular weight excluding hydrogens is 392 g/mol. The van der Waals surface area contributed by atoms with Gasteiger partial charge in [-0.1, -0.05) is 23.7 Å². The van der Waals surface area contributed by atoms with Gasteiger partial charge in [0.2, 0.25) is 0 Å². The summed E-state index contributed by atoms with van der Waals surface area (Å²) in [5, 5.41) is 24.0. The van der Waals surface area contributed by atoms with Crippen LogP contribution in [0, 0.1) is 0 Å². The van der Waals surface area contributed by atoms with Crippen LogP contribution in [0.2, 0.25) is 5.02 Å². The number of halogens is 1. The van der Waals surface area contributed by atoms with E-state index in [1.54, 1.807) is 23.9 Å². The predicted octanol–water partition coefficient (Wildman–Crippen LogP) is 3.25. The Hall–Kier alpha value is -1.64. The molecule has 0 aliphatic carbocycles. The Bertz CT molecular complexity index is 853. The van der Waals surface area contributed by atoms with Crippen LogP contribution in [0.5, 0.6) is 0 Å². The van der Waals surface area contributed by atoms with Crippen LogP contribution in [-0.4, -0.2) is 39.5 Å². The van der Waals surface area contributed by atoms with Crippen LogP contribution < -0.4 is 5.32 Å². The average molecular weight is 409 g/mol. The van der Waals surface area contributed by atoms with Crippen LogP contribution in [0.15, 0.2) is 53.4 Å². The minimum absolute atomic E-state index is 0.324. The first-order valence-corrected chi connectivity index (χ1v) is 10.1. The van der Waals surface area contributed by atoms with Crippen molar-refractivity contribution in [3.8, 4) is 0 Å². The number of nitrogens with one attached hydrogen (secondary N) is 1. The Labute approximate surface area is 164 Å². The Kier molecular flexibility index (Phi) is 6.50. The quantitative estimate of drug-likeness (QED) is 0.413. The van der Waals surface area contributed by atoms with Crippen LogP contribution >= 0.6 is 34.7 Å². The molecule has 0 aliphatic heterocycles. The summed E-state index contributed by atoms with van der Waals surface area (Å²) in [6.45, 7) is 0.371. The molecule has 0 bridgehead atoms. The molecule has 3 N–H and O–H groups in total. The predicted molar refractivity (Wildman–Crippen MR) is 106 cm³/mol. The van der Waals surface area contributed by atoms with Gasteiger partial charge < -0.3 is 15.5 Å². The van der Waals surface area contributed by atoms with E-state index < -0.39 is 18.1 Å². The Morgan fingerprint density at radius 3 is 2.65 bits per heavy atom. The van der Waals surface area contributed by atoms with Gasteiger partial charge in [-0.15, -0.1) is 23.1 Å². The SMILES string of the molecule is O=C(NCCSc1ccc(Cl)cc1)C(O)C(O)c1nc2ccccc2s1. The fourth-order valence-electron chi connectivity index (χ4n) is 2.27. The first kappa shape index (κ1) is 19.1. The Balaban J connectivity index is 1.49. The first-order valence-electron chi connectivity index (χ1n) is 7.92. The summed E-state index contributed by atoms with van der Waals surface area (Å²) < 4.78 is 0.897. The van der Waals surface area contributed by atoms with E-state index in [1.807, 2.05) is 36.4 Å². The Morgan fingerprint density at radius 2 is 1.92 bits per heavy atom. The topological polar surface area (TPSA) is 82.5 Å². The second-order valence-electron chi connectivity index (χ2n) is 5.50. The largest absolute Gasteiger partial charge is 0.383 e. The third-order valence-electron chi connectivity index (χ3n) is 3.61. The fraction of sp³-hybridized carbons (Fsp3) is 0.222. The number of nitrogens with zero attached hydrogens (tertiary/aromatic N) is 1. The number of carbonyl (C=O) groups is 1. The molecule has 0 aliphatic rings. The number of amides is 1. The zero-order valence-corrected chi connectivity index (χ0v) is 16.0. The van der Waals surface area contributed by atoms with Gasteiger partial charge in [0, 0.05) is 22.2 Å². The molecule has 2 aromatic carbocycles. The average Bonchev–Trinajstić information content (AvgIpc) is 3.09. The molecule has 2 unspecified atom stereocenters. The lowest BCUT2D eigenvalue weighted by molar-refractivity contribution is -0.135. The van der Waals surface area contributed by atoms with Gasteiger partial charge in [-0.25, -0.2) is 4.98 Å². The highest BCUT2D eigenvalue weighted by molar-refractivity contribution is 7.99. The van der Waals surface area contributed by atoms with E-state index in [0.29, 0.717) is 22.3 Å². The summed E-state index contributed by atoms with van der Waals surface area (Å²) >= 11 is 8.66. The summed E-state index contributed by atoms with van der Waals surface area (Å²) in [5.41, 5.74) is 0.735. The molecular formula is C18H17ClN2O3S2. The highest BCUT2D eigenvalue weighted by Crippen LogP contribution is 2.28. The van der Waals surface area contributed by atoms with Crippen LogP contribution in [0.4, 0.5) is 0 Å². The third kappa shape index (κ3) is 4.75. The molecule has 0 spiro atoms. The number of hydrogen-bond donors (Lipinski definition) is 3. The highest BCUT2D eigenvalue weighted by atomic mass is 35.5. The summed E-state index contributed by atoms with van der Waals surface area (Å²) in [6, 6.07) is 14.8. The number of benzene rings is 2. The number of aromatic nitrogens is 1. The molecule has 0 radical (unpaired) electrons. The normalized spacial score (nSPS) is 13.5. The maximum atomic E-state index is 12.1. The van der Waals surface area contributed by atoms with Crippen molar-refractivity contribution in [2.45, 2.75) is 17.1 Å². The van der Waals surface area contributed by atoms with Crippen molar-refractivity contribution in [1.82, 2.24) is 10.3 Å². The lowest BCUT2D eigenvalue weighted by Gasteiger charge is -2.15. The van der Waals surface area contributed by atoms with E-state index in [1.165, 1.54) is 11.3 Å². The van der Waals surface area contributed by atoms with Crippen LogP contribution in [0.1, 0.15) is 11.1 Å². The third-order valence-corrected chi connectivity index (χ3v) is 5.99. The van der Waals surface area contributed by atoms with Crippen molar-refractivity contribution >= 4 is 50.8 Å². The molecule has 1 amide bonds. The van der Waals surface area contributed by atoms with Crippen LogP contribution in [0.25, 0.3) is 10.2 Å². The van der Waals surface area contributed by atoms with E-state index in [2.05, 4.69) is 10.3 Å². The molecule has 2 atom stereocenters. The summed E-state index contributed by atoms with van der Waals surface area (Å²) in [6.07, 6.45) is -2.91. The molecule has 0 saturated carbocycles. The smallest absolute Gasteiger partial charge is 0.252 e. The van der Waals surface area contributed by atoms with Crippen molar-refractivity contribution in [2.24, 2.45) is 0 Å². The first-order chi connectivity index (χ1) is 12.5. The van der Waals surface area contributed by atoms with Gasteiger partial charge in [0.15, 0.2) is 6.10 Å². The molecule has 5 nitrogen and oxygen atoms in total. The number of thiazole rings is 1. The molecule has 26 heavy (non-hydrogen) atoms. The number of fused-ring (bicyclic) bond motifs is 1. The standard InChI is InChI=1S/C18H17ClN2O3S2/c19-11-5-7-12(8-6-11)25-10-9-20-17(24)15(22)16(23)18-21-13-3-1-2-4-14(13)26-18/h1-8,15-16,22-23H,9-10H2,(H,20,24). The maximum Gasteiger partial charge on any atom is 0.252 e. The summed E-state index contributed by atoms with van der Waals surface area (Å²) in [7, 11) is 0. The number of hydrogen-bond acceptors (Lipinski definition) is 6. The van der Waals surface area contributed by atoms with E-state index in [-0.39, 0.29) is 0 Å². The second kappa shape index (κ2) is 8.83. The van der Waals surface area contributed by atoms with Gasteiger partial charge in [0.25, 0.3) is 5.91 Å². The van der Waals surface area contributed by atoms with E-state index in [4.69, 9.17) is 11.6 Å². The van der Waals surface area contributed by atoms with Gasteiger partial charge in [-0.3, -0.25) is 4.79 Å². The monoisotopic (exact) mass is 408 g/mol. The van der Waals surface area contributed by atoms with Gasteiger partial charge in [-0.2, -0.15) is 0 Å². The molecule has 8 heteroatoms. The zero-order valence-electron chi connectivity index (χ0n) is 13.6. The minimum atomic E-state index is -1.56. The molecule has 1 aromatic heterocycles. The van der Waals surface area contributed by atoms with Crippen molar-refractivity contribution in [3.05, 3.63) is 58.6 Å². The minimum Gasteiger partial charge on any atom is -0.383 e. The van der Waals surface area contributed by atoms with Gasteiger partial charge >= 0.3 is 0 Å². The van der Waals surface area contributed by atoms with E-state index >= 15 is 0 Å². The molecule has 1 heterocycles. The summed E-state index contributed by atoms with van der Waals surface area (Å²) in [5.74, 6) is 0.0191. The molecule has 3 aromatic rings. The van der Waals surface area contributed by atoms with Crippen LogP contribution in [-0.2, 0) is 4.79 Å². The van der Waals surface area contributed by atoms with Crippen molar-refractivity contribution in [1.29, 1.82) is 0 Å². The number of rotatable bonds is 7. The van der Waals surface area contributed by atoms with Gasteiger partial charge in [-0.05, 0) is 36.4 Å². The number of carbonyl (C=O) groups excluding carboxylic acids is 1. The molecule has 0 saturated heterocycles. The maximum absolute atomic E-state index is 12.1. The number of aliphatic hydroxyl groups is 2. The van der Waals surface area contributed by atoms with E-state index in [0.717, 1.165) is 15.1 Å². The number of thioether (sulfide) groups is 1. The molecule has 3 rings (SSSR count). The van der Waals surface area contributed by atoms with E-state index in [9.17, 15) is 15.0 Å². The highest BCUT2D eigenvalue weighted by Gasteiger charge is 2.28. The van der Waals surface area contributed by atoms with Crippen LogP contribution in [0.3, 0.4) is 0 Å². The number of aliphatic hydroxyl groups excluding tert-OH is 2. The van der Waals surface area contributed by atoms with Crippen molar-refractivity contribution in [2.75, 3.05) is 12.3 Å². The number of para-hydroxylation sites is 1. The summed E-state index contributed by atoms with van der Waals surface area (Å²) in [4.78, 5) is 17.4. The van der Waals surface area contributed by atoms with Gasteiger partial charge in [0.05, 0.1) is 10.2 Å². The lowest BCUT2D eigenvalue weighted by atomic mass is 10.2. The van der Waals surface area contributed by atoms with Gasteiger partial charge in [0.1, 0.15) is 11.1 Å².